The molecule has 5 rings (SSSR count). The maximum atomic E-state index is 12.9. The third kappa shape index (κ3) is 3.81. The summed E-state index contributed by atoms with van der Waals surface area (Å²) < 4.78 is 1.75. The number of anilines is 2. The number of fused-ring (bicyclic) bond motifs is 1. The normalized spacial score (nSPS) is 15.2. The zero-order valence-corrected chi connectivity index (χ0v) is 16.7. The minimum atomic E-state index is -0.171. The maximum Gasteiger partial charge on any atom is 0.251 e. The molecule has 1 atom stereocenters. The molecule has 7 nitrogen and oxygen atoms in total. The van der Waals surface area contributed by atoms with Gasteiger partial charge in [0.15, 0.2) is 0 Å². The Morgan fingerprint density at radius 2 is 1.52 bits per heavy atom. The van der Waals surface area contributed by atoms with Crippen LogP contribution in [0.5, 0.6) is 0 Å². The summed E-state index contributed by atoms with van der Waals surface area (Å²) in [6, 6.07) is 29.3. The molecular formula is C24H20N6O. The lowest BCUT2D eigenvalue weighted by Gasteiger charge is -2.32. The lowest BCUT2D eigenvalue weighted by Crippen LogP contribution is -2.37. The van der Waals surface area contributed by atoms with Crippen molar-refractivity contribution in [2.75, 3.05) is 16.8 Å². The van der Waals surface area contributed by atoms with E-state index in [1.807, 2.05) is 95.9 Å². The zero-order valence-electron chi connectivity index (χ0n) is 16.7. The van der Waals surface area contributed by atoms with Crippen molar-refractivity contribution in [2.24, 2.45) is 0 Å². The third-order valence-corrected chi connectivity index (χ3v) is 5.16. The molecule has 3 aromatic carbocycles. The van der Waals surface area contributed by atoms with Gasteiger partial charge in [0.25, 0.3) is 5.95 Å². The van der Waals surface area contributed by atoms with E-state index in [2.05, 4.69) is 26.9 Å². The van der Waals surface area contributed by atoms with Crippen LogP contribution in [0.15, 0.2) is 97.1 Å². The highest BCUT2D eigenvalue weighted by Crippen LogP contribution is 2.35. The zero-order chi connectivity index (χ0) is 21.0. The number of carbonyl (C=O) groups is 1. The quantitative estimate of drug-likeness (QED) is 0.544. The second-order valence-electron chi connectivity index (χ2n) is 7.20. The number of aromatic nitrogens is 4. The summed E-state index contributed by atoms with van der Waals surface area (Å²) in [5.74, 6) is 0.374. The molecule has 152 valence electrons. The summed E-state index contributed by atoms with van der Waals surface area (Å²) >= 11 is 0. The van der Waals surface area contributed by atoms with Crippen LogP contribution in [0.25, 0.3) is 5.70 Å². The molecule has 0 radical (unpaired) electrons. The number of benzene rings is 3. The highest BCUT2D eigenvalue weighted by Gasteiger charge is 2.31. The fraction of sp³-hybridized carbons (Fsp3) is 0.0833. The predicted molar refractivity (Wildman–Crippen MR) is 119 cm³/mol. The fourth-order valence-electron chi connectivity index (χ4n) is 3.73. The number of hydrogen-bond donors (Lipinski definition) is 1. The van der Waals surface area contributed by atoms with E-state index in [4.69, 9.17) is 0 Å². The van der Waals surface area contributed by atoms with Gasteiger partial charge in [-0.05, 0) is 39.8 Å². The van der Waals surface area contributed by atoms with E-state index in [-0.39, 0.29) is 18.5 Å². The van der Waals surface area contributed by atoms with Gasteiger partial charge in [-0.15, -0.1) is 0 Å². The summed E-state index contributed by atoms with van der Waals surface area (Å²) in [6.07, 6.45) is 2.10. The number of carbonyl (C=O) groups excluding carboxylic acids is 1. The first-order chi connectivity index (χ1) is 15.3. The molecule has 1 aliphatic heterocycles. The molecule has 7 heteroatoms. The number of tetrazole rings is 1. The number of allylic oxidation sites excluding steroid dienone is 1. The monoisotopic (exact) mass is 408 g/mol. The summed E-state index contributed by atoms with van der Waals surface area (Å²) in [6.45, 7) is 0.0809. The molecule has 31 heavy (non-hydrogen) atoms. The van der Waals surface area contributed by atoms with Gasteiger partial charge in [-0.1, -0.05) is 84.0 Å². The van der Waals surface area contributed by atoms with Gasteiger partial charge in [-0.2, -0.15) is 4.68 Å². The van der Waals surface area contributed by atoms with Gasteiger partial charge in [-0.3, -0.25) is 9.69 Å². The van der Waals surface area contributed by atoms with E-state index in [0.29, 0.717) is 5.95 Å². The Kier molecular flexibility index (Phi) is 4.98. The van der Waals surface area contributed by atoms with E-state index in [1.165, 1.54) is 0 Å². The molecule has 1 aliphatic rings. The molecule has 0 saturated heterocycles. The van der Waals surface area contributed by atoms with Gasteiger partial charge in [0.1, 0.15) is 12.6 Å². The van der Waals surface area contributed by atoms with Gasteiger partial charge >= 0.3 is 0 Å². The number of hydrogen-bond acceptors (Lipinski definition) is 5. The van der Waals surface area contributed by atoms with Crippen molar-refractivity contribution in [1.82, 2.24) is 20.2 Å². The molecule has 0 saturated carbocycles. The van der Waals surface area contributed by atoms with Gasteiger partial charge in [-0.25, -0.2) is 0 Å². The van der Waals surface area contributed by atoms with Crippen molar-refractivity contribution >= 4 is 23.2 Å². The van der Waals surface area contributed by atoms with Gasteiger partial charge < -0.3 is 5.32 Å². The SMILES string of the molecule is O=C(CN1C(c2ccccc2)=C[C@@H](c2ccccc2)n2nnnc21)Nc1ccccc1. The molecule has 0 bridgehead atoms. The number of nitrogens with one attached hydrogen (secondary N) is 1. The van der Waals surface area contributed by atoms with Crippen molar-refractivity contribution in [3.05, 3.63) is 108 Å². The van der Waals surface area contributed by atoms with Crippen LogP contribution < -0.4 is 10.2 Å². The summed E-state index contributed by atoms with van der Waals surface area (Å²) in [5.41, 5.74) is 3.69. The number of nitrogens with zero attached hydrogens (tertiary/aromatic N) is 5. The van der Waals surface area contributed by atoms with Crippen molar-refractivity contribution in [3.63, 3.8) is 0 Å². The largest absolute Gasteiger partial charge is 0.325 e. The molecule has 0 spiro atoms. The molecule has 1 N–H and O–H groups in total. The van der Waals surface area contributed by atoms with Crippen LogP contribution in [0.1, 0.15) is 17.2 Å². The van der Waals surface area contributed by atoms with Crippen LogP contribution in [0, 0.1) is 0 Å². The Bertz CT molecular complexity index is 1200. The van der Waals surface area contributed by atoms with Crippen LogP contribution in [-0.4, -0.2) is 32.7 Å². The first kappa shape index (κ1) is 18.7. The molecule has 0 aliphatic carbocycles. The molecule has 0 fully saturated rings. The first-order valence-corrected chi connectivity index (χ1v) is 10.0. The topological polar surface area (TPSA) is 75.9 Å². The Balaban J connectivity index is 1.54. The predicted octanol–water partition coefficient (Wildman–Crippen LogP) is 3.76. The Morgan fingerprint density at radius 3 is 2.23 bits per heavy atom. The third-order valence-electron chi connectivity index (χ3n) is 5.16. The van der Waals surface area contributed by atoms with Crippen molar-refractivity contribution < 1.29 is 4.79 Å². The highest BCUT2D eigenvalue weighted by atomic mass is 16.2. The Hall–Kier alpha value is -4.26. The summed E-state index contributed by atoms with van der Waals surface area (Å²) in [5, 5.41) is 15.3. The van der Waals surface area contributed by atoms with E-state index in [0.717, 1.165) is 22.5 Å². The molecule has 0 unspecified atom stereocenters. The van der Waals surface area contributed by atoms with E-state index in [9.17, 15) is 4.79 Å². The molecule has 1 aromatic heterocycles. The van der Waals surface area contributed by atoms with E-state index < -0.39 is 0 Å². The molecular weight excluding hydrogens is 388 g/mol. The Labute approximate surface area is 179 Å². The van der Waals surface area contributed by atoms with Crippen LogP contribution in [0.2, 0.25) is 0 Å². The van der Waals surface area contributed by atoms with Crippen molar-refractivity contribution in [2.45, 2.75) is 6.04 Å². The number of para-hydroxylation sites is 1. The molecule has 4 aromatic rings. The van der Waals surface area contributed by atoms with Crippen molar-refractivity contribution in [1.29, 1.82) is 0 Å². The van der Waals surface area contributed by atoms with Gasteiger partial charge in [0.05, 0.1) is 5.70 Å². The van der Waals surface area contributed by atoms with Gasteiger partial charge in [0, 0.05) is 5.69 Å². The van der Waals surface area contributed by atoms with Gasteiger partial charge in [0.2, 0.25) is 5.91 Å². The lowest BCUT2D eigenvalue weighted by atomic mass is 10.0. The second-order valence-corrected chi connectivity index (χ2v) is 7.20. The maximum absolute atomic E-state index is 12.9. The number of amides is 1. The smallest absolute Gasteiger partial charge is 0.251 e. The average molecular weight is 408 g/mol. The van der Waals surface area contributed by atoms with E-state index >= 15 is 0 Å². The van der Waals surface area contributed by atoms with Crippen LogP contribution in [-0.2, 0) is 4.79 Å². The van der Waals surface area contributed by atoms with Crippen LogP contribution >= 0.6 is 0 Å². The highest BCUT2D eigenvalue weighted by molar-refractivity contribution is 5.97. The fourth-order valence-corrected chi connectivity index (χ4v) is 3.73. The standard InChI is InChI=1S/C24H20N6O/c31-23(25-20-14-8-3-9-15-20)17-29-21(18-10-4-1-5-11-18)16-22(19-12-6-2-7-13-19)30-24(29)26-27-28-30/h1-16,22H,17H2,(H,25,31)/t22-/m0/s1. The van der Waals surface area contributed by atoms with E-state index in [1.54, 1.807) is 4.68 Å². The van der Waals surface area contributed by atoms with Crippen molar-refractivity contribution in [3.8, 4) is 0 Å². The minimum Gasteiger partial charge on any atom is -0.325 e. The van der Waals surface area contributed by atoms with Crippen LogP contribution in [0.4, 0.5) is 11.6 Å². The first-order valence-electron chi connectivity index (χ1n) is 10.0. The lowest BCUT2D eigenvalue weighted by molar-refractivity contribution is -0.114. The Morgan fingerprint density at radius 1 is 0.871 bits per heavy atom. The minimum absolute atomic E-state index is 0.0809. The molecule has 2 heterocycles. The number of rotatable bonds is 5. The average Bonchev–Trinajstić information content (AvgIpc) is 3.31. The summed E-state index contributed by atoms with van der Waals surface area (Å²) in [4.78, 5) is 14.7. The molecule has 1 amide bonds. The summed E-state index contributed by atoms with van der Waals surface area (Å²) in [7, 11) is 0. The van der Waals surface area contributed by atoms with Crippen LogP contribution in [0.3, 0.4) is 0 Å². The second kappa shape index (κ2) is 8.23.